The van der Waals surface area contributed by atoms with Gasteiger partial charge in [-0.1, -0.05) is 6.92 Å². The van der Waals surface area contributed by atoms with Crippen molar-refractivity contribution < 1.29 is 28.7 Å². The average molecular weight is 498 g/mol. The van der Waals surface area contributed by atoms with Gasteiger partial charge in [-0.05, 0) is 68.9 Å². The van der Waals surface area contributed by atoms with Gasteiger partial charge < -0.3 is 20.1 Å². The van der Waals surface area contributed by atoms with Crippen LogP contribution in [0.4, 0.5) is 10.7 Å². The highest BCUT2D eigenvalue weighted by atomic mass is 32.1. The van der Waals surface area contributed by atoms with Crippen LogP contribution in [0, 0.1) is 17.2 Å². The fourth-order valence-corrected chi connectivity index (χ4v) is 5.12. The molecule has 0 fully saturated rings. The Morgan fingerprint density at radius 2 is 1.89 bits per heavy atom. The number of ether oxygens (including phenoxy) is 2. The van der Waals surface area contributed by atoms with Crippen molar-refractivity contribution in [2.75, 3.05) is 17.2 Å². The fraction of sp³-hybridized carbons (Fsp3) is 0.400. The molecule has 2 aromatic rings. The molecule has 0 bridgehead atoms. The summed E-state index contributed by atoms with van der Waals surface area (Å²) in [5, 5.41) is 14.2. The molecule has 35 heavy (non-hydrogen) atoms. The van der Waals surface area contributed by atoms with Crippen LogP contribution in [-0.4, -0.2) is 36.5 Å². The van der Waals surface area contributed by atoms with E-state index in [4.69, 9.17) is 14.7 Å². The van der Waals surface area contributed by atoms with Crippen molar-refractivity contribution in [2.24, 2.45) is 5.92 Å². The number of thiophene rings is 1. The highest BCUT2D eigenvalue weighted by Crippen LogP contribution is 2.40. The third kappa shape index (κ3) is 6.45. The highest BCUT2D eigenvalue weighted by Gasteiger charge is 2.30. The molecule has 2 N–H and O–H groups in total. The molecule has 10 heteroatoms. The van der Waals surface area contributed by atoms with E-state index in [0.717, 1.165) is 29.7 Å². The van der Waals surface area contributed by atoms with Gasteiger partial charge in [0.1, 0.15) is 11.4 Å². The molecule has 9 nitrogen and oxygen atoms in total. The van der Waals surface area contributed by atoms with Crippen LogP contribution >= 0.6 is 11.3 Å². The number of rotatable bonds is 8. The number of fused-ring (bicyclic) bond motifs is 1. The van der Waals surface area contributed by atoms with Gasteiger partial charge >= 0.3 is 11.9 Å². The molecule has 0 saturated carbocycles. The molecular formula is C25H27N3O6S. The zero-order valence-corrected chi connectivity index (χ0v) is 20.6. The van der Waals surface area contributed by atoms with Crippen molar-refractivity contribution >= 4 is 45.8 Å². The number of anilines is 2. The normalized spacial score (nSPS) is 15.2. The average Bonchev–Trinajstić information content (AvgIpc) is 3.16. The van der Waals surface area contributed by atoms with Crippen molar-refractivity contribution in [2.45, 2.75) is 52.6 Å². The van der Waals surface area contributed by atoms with Crippen LogP contribution in [0.2, 0.25) is 0 Å². The second-order valence-corrected chi connectivity index (χ2v) is 9.38. The van der Waals surface area contributed by atoms with Gasteiger partial charge in [-0.15, -0.1) is 11.3 Å². The first kappa shape index (κ1) is 25.9. The van der Waals surface area contributed by atoms with Gasteiger partial charge in [-0.2, -0.15) is 5.26 Å². The molecule has 1 aromatic carbocycles. The number of esters is 2. The molecule has 0 aliphatic heterocycles. The number of carbonyl (C=O) groups is 4. The number of nitrogens with zero attached hydrogens (tertiary/aromatic N) is 1. The molecule has 184 valence electrons. The van der Waals surface area contributed by atoms with Crippen LogP contribution in [0.15, 0.2) is 24.3 Å². The van der Waals surface area contributed by atoms with Crippen LogP contribution in [-0.2, 0) is 31.9 Å². The molecule has 1 heterocycles. The van der Waals surface area contributed by atoms with Gasteiger partial charge in [0, 0.05) is 10.6 Å². The number of nitriles is 1. The number of nitrogens with one attached hydrogen (secondary N) is 2. The highest BCUT2D eigenvalue weighted by molar-refractivity contribution is 7.17. The molecule has 2 atom stereocenters. The van der Waals surface area contributed by atoms with Crippen LogP contribution in [0.25, 0.3) is 0 Å². The molecule has 1 aromatic heterocycles. The number of carbonyl (C=O) groups excluding carboxylic acids is 4. The van der Waals surface area contributed by atoms with E-state index >= 15 is 0 Å². The molecule has 0 spiro atoms. The van der Waals surface area contributed by atoms with Gasteiger partial charge in [0.15, 0.2) is 6.10 Å². The summed E-state index contributed by atoms with van der Waals surface area (Å²) in [6, 6.07) is 7.64. The monoisotopic (exact) mass is 497 g/mol. The quantitative estimate of drug-likeness (QED) is 0.525. The first-order chi connectivity index (χ1) is 16.7. The van der Waals surface area contributed by atoms with Gasteiger partial charge in [-0.25, -0.2) is 9.59 Å². The maximum Gasteiger partial charge on any atom is 0.341 e. The van der Waals surface area contributed by atoms with E-state index < -0.39 is 29.9 Å². The summed E-state index contributed by atoms with van der Waals surface area (Å²) in [7, 11) is 0. The second-order valence-electron chi connectivity index (χ2n) is 8.27. The summed E-state index contributed by atoms with van der Waals surface area (Å²) in [6.07, 6.45) is 1.14. The lowest BCUT2D eigenvalue weighted by atomic mass is 9.88. The number of amides is 2. The smallest absolute Gasteiger partial charge is 0.341 e. The molecule has 1 aliphatic carbocycles. The Morgan fingerprint density at radius 3 is 2.54 bits per heavy atom. The summed E-state index contributed by atoms with van der Waals surface area (Å²) in [6.45, 7) is 5.55. The van der Waals surface area contributed by atoms with E-state index in [-0.39, 0.29) is 18.6 Å². The van der Waals surface area contributed by atoms with Gasteiger partial charge in [0.05, 0.1) is 23.8 Å². The van der Waals surface area contributed by atoms with Crippen LogP contribution in [0.1, 0.15) is 64.8 Å². The minimum atomic E-state index is -1.12. The lowest BCUT2D eigenvalue weighted by Crippen LogP contribution is -2.30. The molecule has 0 saturated heterocycles. The lowest BCUT2D eigenvalue weighted by molar-refractivity contribution is -0.123. The Balaban J connectivity index is 1.67. The van der Waals surface area contributed by atoms with Crippen molar-refractivity contribution in [3.8, 4) is 6.07 Å². The Bertz CT molecular complexity index is 1170. The topological polar surface area (TPSA) is 135 Å². The number of hydrogen-bond acceptors (Lipinski definition) is 8. The third-order valence-electron chi connectivity index (χ3n) is 5.52. The molecular weight excluding hydrogens is 470 g/mol. The predicted molar refractivity (Wildman–Crippen MR) is 130 cm³/mol. The molecule has 3 rings (SSSR count). The van der Waals surface area contributed by atoms with Crippen molar-refractivity contribution in [3.05, 3.63) is 45.8 Å². The predicted octanol–water partition coefficient (Wildman–Crippen LogP) is 4.09. The molecule has 1 aliphatic rings. The van der Waals surface area contributed by atoms with Gasteiger partial charge in [0.2, 0.25) is 5.91 Å². The van der Waals surface area contributed by atoms with E-state index in [9.17, 15) is 19.2 Å². The van der Waals surface area contributed by atoms with Crippen molar-refractivity contribution in [1.29, 1.82) is 5.26 Å². The van der Waals surface area contributed by atoms with E-state index in [1.807, 2.05) is 0 Å². The minimum absolute atomic E-state index is 0.190. The van der Waals surface area contributed by atoms with E-state index in [1.54, 1.807) is 13.0 Å². The maximum atomic E-state index is 12.8. The summed E-state index contributed by atoms with van der Waals surface area (Å²) in [5.41, 5.74) is 1.93. The fourth-order valence-electron chi connectivity index (χ4n) is 3.72. The Morgan fingerprint density at radius 1 is 1.17 bits per heavy atom. The van der Waals surface area contributed by atoms with Gasteiger partial charge in [0.25, 0.3) is 5.91 Å². The third-order valence-corrected chi connectivity index (χ3v) is 6.69. The second kappa shape index (κ2) is 11.6. The minimum Gasteiger partial charge on any atom is -0.462 e. The number of benzene rings is 1. The Labute approximate surface area is 207 Å². The summed E-state index contributed by atoms with van der Waals surface area (Å²) in [4.78, 5) is 50.5. The summed E-state index contributed by atoms with van der Waals surface area (Å²) >= 11 is 1.36. The Kier molecular flexibility index (Phi) is 8.60. The standard InChI is InChI=1S/C25H27N3O6S/c1-4-33-25(32)21-18-10-5-14(2)13-19(18)35-23(21)28-22(30)15(3)34-24(31)16-6-8-17(9-7-16)27-20(29)11-12-26/h6-9,14-15H,4-5,10-11,13H2,1-3H3,(H,27,29)(H,28,30). The summed E-state index contributed by atoms with van der Waals surface area (Å²) in [5.74, 6) is -1.71. The zero-order chi connectivity index (χ0) is 25.5. The molecule has 2 amide bonds. The SMILES string of the molecule is CCOC(=O)c1c(NC(=O)C(C)OC(=O)c2ccc(NC(=O)CC#N)cc2)sc2c1CCC(C)C2. The van der Waals surface area contributed by atoms with E-state index in [2.05, 4.69) is 17.6 Å². The van der Waals surface area contributed by atoms with Crippen LogP contribution < -0.4 is 10.6 Å². The van der Waals surface area contributed by atoms with E-state index in [0.29, 0.717) is 22.2 Å². The first-order valence-electron chi connectivity index (χ1n) is 11.3. The largest absolute Gasteiger partial charge is 0.462 e. The number of hydrogen-bond donors (Lipinski definition) is 2. The summed E-state index contributed by atoms with van der Waals surface area (Å²) < 4.78 is 10.5. The van der Waals surface area contributed by atoms with Crippen LogP contribution in [0.3, 0.4) is 0 Å². The molecule has 2 unspecified atom stereocenters. The van der Waals surface area contributed by atoms with Crippen molar-refractivity contribution in [3.63, 3.8) is 0 Å². The maximum absolute atomic E-state index is 12.8. The Hall–Kier alpha value is -3.71. The van der Waals surface area contributed by atoms with Crippen LogP contribution in [0.5, 0.6) is 0 Å². The van der Waals surface area contributed by atoms with Crippen molar-refractivity contribution in [1.82, 2.24) is 0 Å². The lowest BCUT2D eigenvalue weighted by Gasteiger charge is -2.18. The van der Waals surface area contributed by atoms with Gasteiger partial charge in [-0.3, -0.25) is 9.59 Å². The first-order valence-corrected chi connectivity index (χ1v) is 12.2. The van der Waals surface area contributed by atoms with E-state index in [1.165, 1.54) is 42.5 Å². The zero-order valence-electron chi connectivity index (χ0n) is 19.8. The molecule has 0 radical (unpaired) electrons.